The first kappa shape index (κ1) is 15.6. The molecule has 0 aliphatic rings. The van der Waals surface area contributed by atoms with Crippen molar-refractivity contribution >= 4 is 28.3 Å². The van der Waals surface area contributed by atoms with E-state index in [1.54, 1.807) is 39.1 Å². The molecule has 0 bridgehead atoms. The third kappa shape index (κ3) is 5.83. The summed E-state index contributed by atoms with van der Waals surface area (Å²) in [7, 11) is 0. The van der Waals surface area contributed by atoms with Crippen LogP contribution in [0.2, 0.25) is 0 Å². The number of ether oxygens (including phenoxy) is 1. The third-order valence-corrected chi connectivity index (χ3v) is 2.60. The van der Waals surface area contributed by atoms with Crippen molar-refractivity contribution in [3.05, 3.63) is 28.5 Å². The number of nitrogens with zero attached hydrogens (tertiary/aromatic N) is 1. The molecular weight excluding hydrogens is 312 g/mol. The SMILES string of the molecule is CC(C)(C)OC(=O)N[C@H](CC=O)c1ccc(Br)cn1. The summed E-state index contributed by atoms with van der Waals surface area (Å²) >= 11 is 3.28. The van der Waals surface area contributed by atoms with Crippen molar-refractivity contribution in [2.45, 2.75) is 38.8 Å². The number of carbonyl (C=O) groups is 2. The number of aromatic nitrogens is 1. The second-order valence-corrected chi connectivity index (χ2v) is 5.92. The average molecular weight is 329 g/mol. The van der Waals surface area contributed by atoms with E-state index >= 15 is 0 Å². The van der Waals surface area contributed by atoms with E-state index in [1.165, 1.54) is 0 Å². The maximum absolute atomic E-state index is 11.7. The van der Waals surface area contributed by atoms with Crippen LogP contribution in [0.1, 0.15) is 38.9 Å². The summed E-state index contributed by atoms with van der Waals surface area (Å²) in [5, 5.41) is 2.64. The molecule has 0 saturated heterocycles. The van der Waals surface area contributed by atoms with Crippen LogP contribution < -0.4 is 5.32 Å². The molecule has 6 heteroatoms. The lowest BCUT2D eigenvalue weighted by Gasteiger charge is -2.22. The summed E-state index contributed by atoms with van der Waals surface area (Å²) in [6.45, 7) is 5.33. The summed E-state index contributed by atoms with van der Waals surface area (Å²) in [4.78, 5) is 26.6. The third-order valence-electron chi connectivity index (χ3n) is 2.13. The highest BCUT2D eigenvalue weighted by atomic mass is 79.9. The second-order valence-electron chi connectivity index (χ2n) is 5.00. The maximum atomic E-state index is 11.7. The number of carbonyl (C=O) groups excluding carboxylic acids is 2. The molecule has 1 N–H and O–H groups in total. The number of hydrogen-bond acceptors (Lipinski definition) is 4. The normalized spacial score (nSPS) is 12.6. The van der Waals surface area contributed by atoms with Gasteiger partial charge in [-0.05, 0) is 48.8 Å². The van der Waals surface area contributed by atoms with Gasteiger partial charge in [-0.15, -0.1) is 0 Å². The van der Waals surface area contributed by atoms with Gasteiger partial charge in [-0.3, -0.25) is 4.98 Å². The van der Waals surface area contributed by atoms with Crippen molar-refractivity contribution in [3.8, 4) is 0 Å². The van der Waals surface area contributed by atoms with Crippen molar-refractivity contribution in [2.75, 3.05) is 0 Å². The number of rotatable bonds is 4. The Bertz CT molecular complexity index is 440. The quantitative estimate of drug-likeness (QED) is 0.862. The van der Waals surface area contributed by atoms with Gasteiger partial charge in [0.15, 0.2) is 0 Å². The Labute approximate surface area is 120 Å². The fraction of sp³-hybridized carbons (Fsp3) is 0.462. The van der Waals surface area contributed by atoms with Crippen molar-refractivity contribution in [3.63, 3.8) is 0 Å². The lowest BCUT2D eigenvalue weighted by molar-refractivity contribution is -0.108. The number of amides is 1. The monoisotopic (exact) mass is 328 g/mol. The minimum atomic E-state index is -0.580. The molecule has 0 aliphatic heterocycles. The molecule has 0 fully saturated rings. The zero-order valence-corrected chi connectivity index (χ0v) is 12.7. The molecule has 1 amide bonds. The van der Waals surface area contributed by atoms with E-state index < -0.39 is 17.7 Å². The minimum Gasteiger partial charge on any atom is -0.444 e. The van der Waals surface area contributed by atoms with Crippen LogP contribution in [-0.4, -0.2) is 23.0 Å². The molecule has 0 radical (unpaired) electrons. The first-order chi connectivity index (χ1) is 8.81. The van der Waals surface area contributed by atoms with Gasteiger partial charge in [0.25, 0.3) is 0 Å². The maximum Gasteiger partial charge on any atom is 0.408 e. The van der Waals surface area contributed by atoms with Crippen LogP contribution in [0.5, 0.6) is 0 Å². The number of halogens is 1. The lowest BCUT2D eigenvalue weighted by atomic mass is 10.1. The zero-order valence-electron chi connectivity index (χ0n) is 11.1. The molecule has 1 aromatic heterocycles. The molecule has 1 rings (SSSR count). The van der Waals surface area contributed by atoms with Crippen molar-refractivity contribution in [2.24, 2.45) is 0 Å². The van der Waals surface area contributed by atoms with E-state index in [4.69, 9.17) is 4.74 Å². The van der Waals surface area contributed by atoms with Gasteiger partial charge in [0.2, 0.25) is 0 Å². The van der Waals surface area contributed by atoms with Crippen LogP contribution >= 0.6 is 15.9 Å². The summed E-state index contributed by atoms with van der Waals surface area (Å²) in [6, 6.07) is 3.06. The van der Waals surface area contributed by atoms with E-state index in [-0.39, 0.29) is 6.42 Å². The predicted octanol–water partition coefficient (Wildman–Crippen LogP) is 3.00. The van der Waals surface area contributed by atoms with Crippen LogP contribution in [0.3, 0.4) is 0 Å². The largest absolute Gasteiger partial charge is 0.444 e. The van der Waals surface area contributed by atoms with Crippen LogP contribution in [0, 0.1) is 0 Å². The topological polar surface area (TPSA) is 68.3 Å². The zero-order chi connectivity index (χ0) is 14.5. The molecule has 0 aliphatic carbocycles. The number of nitrogens with one attached hydrogen (secondary N) is 1. The molecule has 104 valence electrons. The Morgan fingerprint density at radius 1 is 1.53 bits per heavy atom. The van der Waals surface area contributed by atoms with Gasteiger partial charge in [-0.2, -0.15) is 0 Å². The van der Waals surface area contributed by atoms with Gasteiger partial charge < -0.3 is 14.8 Å². The molecule has 1 atom stereocenters. The van der Waals surface area contributed by atoms with Crippen molar-refractivity contribution in [1.29, 1.82) is 0 Å². The Morgan fingerprint density at radius 2 is 2.21 bits per heavy atom. The van der Waals surface area contributed by atoms with Gasteiger partial charge in [0, 0.05) is 17.1 Å². The number of pyridine rings is 1. The summed E-state index contributed by atoms with van der Waals surface area (Å²) in [6.07, 6.45) is 1.94. The minimum absolute atomic E-state index is 0.147. The highest BCUT2D eigenvalue weighted by molar-refractivity contribution is 9.10. The standard InChI is InChI=1S/C13H17BrN2O3/c1-13(2,3)19-12(18)16-11(6-7-17)10-5-4-9(14)8-15-10/h4-5,7-8,11H,6H2,1-3H3,(H,16,18)/t11-/m1/s1. The van der Waals surface area contributed by atoms with Crippen LogP contribution in [0.4, 0.5) is 4.79 Å². The first-order valence-corrected chi connectivity index (χ1v) is 6.66. The van der Waals surface area contributed by atoms with E-state index in [0.29, 0.717) is 5.69 Å². The number of hydrogen-bond donors (Lipinski definition) is 1. The molecule has 0 spiro atoms. The van der Waals surface area contributed by atoms with Gasteiger partial charge >= 0.3 is 6.09 Å². The van der Waals surface area contributed by atoms with Crippen LogP contribution in [-0.2, 0) is 9.53 Å². The molecule has 0 aromatic carbocycles. The molecule has 0 unspecified atom stereocenters. The molecular formula is C13H17BrN2O3. The van der Waals surface area contributed by atoms with Crippen molar-refractivity contribution < 1.29 is 14.3 Å². The molecule has 19 heavy (non-hydrogen) atoms. The lowest BCUT2D eigenvalue weighted by Crippen LogP contribution is -2.35. The van der Waals surface area contributed by atoms with Gasteiger partial charge in [-0.25, -0.2) is 4.79 Å². The van der Waals surface area contributed by atoms with E-state index in [2.05, 4.69) is 26.2 Å². The Kier molecular flexibility index (Phi) is 5.47. The Hall–Kier alpha value is -1.43. The Balaban J connectivity index is 2.75. The molecule has 5 nitrogen and oxygen atoms in total. The number of alkyl carbamates (subject to hydrolysis) is 1. The van der Waals surface area contributed by atoms with E-state index in [1.807, 2.05) is 0 Å². The fourth-order valence-electron chi connectivity index (χ4n) is 1.39. The molecule has 0 saturated carbocycles. The summed E-state index contributed by atoms with van der Waals surface area (Å²) in [5.74, 6) is 0. The predicted molar refractivity (Wildman–Crippen MR) is 74.7 cm³/mol. The van der Waals surface area contributed by atoms with Crippen LogP contribution in [0.15, 0.2) is 22.8 Å². The highest BCUT2D eigenvalue weighted by Crippen LogP contribution is 2.17. The van der Waals surface area contributed by atoms with Gasteiger partial charge in [-0.1, -0.05) is 0 Å². The molecule has 1 heterocycles. The summed E-state index contributed by atoms with van der Waals surface area (Å²) < 4.78 is 5.99. The Morgan fingerprint density at radius 3 is 2.68 bits per heavy atom. The van der Waals surface area contributed by atoms with E-state index in [9.17, 15) is 9.59 Å². The van der Waals surface area contributed by atoms with Crippen molar-refractivity contribution in [1.82, 2.24) is 10.3 Å². The van der Waals surface area contributed by atoms with Gasteiger partial charge in [0.1, 0.15) is 11.9 Å². The first-order valence-electron chi connectivity index (χ1n) is 5.86. The second kappa shape index (κ2) is 6.65. The smallest absolute Gasteiger partial charge is 0.408 e. The van der Waals surface area contributed by atoms with Gasteiger partial charge in [0.05, 0.1) is 11.7 Å². The average Bonchev–Trinajstić information content (AvgIpc) is 2.27. The van der Waals surface area contributed by atoms with Crippen LogP contribution in [0.25, 0.3) is 0 Å². The van der Waals surface area contributed by atoms with E-state index in [0.717, 1.165) is 10.8 Å². The summed E-state index contributed by atoms with van der Waals surface area (Å²) in [5.41, 5.74) is 0.0318. The highest BCUT2D eigenvalue weighted by Gasteiger charge is 2.21. The molecule has 1 aromatic rings. The fourth-order valence-corrected chi connectivity index (χ4v) is 1.63. The number of aldehydes is 1.